The zero-order valence-corrected chi connectivity index (χ0v) is 27.7. The summed E-state index contributed by atoms with van der Waals surface area (Å²) in [5, 5.41) is 2.48. The highest BCUT2D eigenvalue weighted by atomic mass is 15.1. The number of para-hydroxylation sites is 2. The summed E-state index contributed by atoms with van der Waals surface area (Å²) >= 11 is 0. The van der Waals surface area contributed by atoms with Gasteiger partial charge in [-0.3, -0.25) is 0 Å². The minimum Gasteiger partial charge on any atom is -0.310 e. The lowest BCUT2D eigenvalue weighted by molar-refractivity contribution is 0.660. The van der Waals surface area contributed by atoms with Gasteiger partial charge in [0.25, 0.3) is 0 Å². The average molecular weight is 629 g/mol. The van der Waals surface area contributed by atoms with Gasteiger partial charge in [0.15, 0.2) is 0 Å². The molecule has 0 N–H and O–H groups in total. The van der Waals surface area contributed by atoms with Crippen molar-refractivity contribution in [2.24, 2.45) is 0 Å². The number of hydrogen-bond acceptors (Lipinski definition) is 1. The Kier molecular flexibility index (Phi) is 6.84. The number of aromatic nitrogens is 1. The summed E-state index contributed by atoms with van der Waals surface area (Å²) in [5.74, 6) is 0. The first-order valence-corrected chi connectivity index (χ1v) is 17.0. The molecule has 234 valence electrons. The van der Waals surface area contributed by atoms with Crippen LogP contribution in [-0.2, 0) is 5.41 Å². The van der Waals surface area contributed by atoms with Crippen molar-refractivity contribution < 1.29 is 0 Å². The van der Waals surface area contributed by atoms with E-state index in [0.717, 1.165) is 17.1 Å². The predicted molar refractivity (Wildman–Crippen MR) is 208 cm³/mol. The molecule has 9 rings (SSSR count). The summed E-state index contributed by atoms with van der Waals surface area (Å²) in [6, 6.07) is 61.5. The van der Waals surface area contributed by atoms with Crippen LogP contribution >= 0.6 is 0 Å². The van der Waals surface area contributed by atoms with E-state index in [9.17, 15) is 0 Å². The Balaban J connectivity index is 1.16. The molecule has 0 bridgehead atoms. The van der Waals surface area contributed by atoms with E-state index in [1.807, 2.05) is 6.07 Å². The molecule has 1 aliphatic rings. The Bertz CT molecular complexity index is 2500. The van der Waals surface area contributed by atoms with Crippen LogP contribution in [0.2, 0.25) is 0 Å². The smallest absolute Gasteiger partial charge is 0.0542 e. The van der Waals surface area contributed by atoms with Crippen molar-refractivity contribution in [3.05, 3.63) is 192 Å². The maximum absolute atomic E-state index is 2.44. The van der Waals surface area contributed by atoms with Gasteiger partial charge in [0, 0.05) is 38.9 Å². The van der Waals surface area contributed by atoms with Crippen LogP contribution in [0.15, 0.2) is 170 Å². The molecule has 2 nitrogen and oxygen atoms in total. The molecule has 7 aromatic carbocycles. The average Bonchev–Trinajstić information content (AvgIpc) is 3.60. The Labute approximate surface area is 287 Å². The van der Waals surface area contributed by atoms with Gasteiger partial charge < -0.3 is 9.47 Å². The van der Waals surface area contributed by atoms with Gasteiger partial charge in [0.1, 0.15) is 0 Å². The molecule has 0 aliphatic heterocycles. The van der Waals surface area contributed by atoms with Crippen molar-refractivity contribution in [3.63, 3.8) is 0 Å². The van der Waals surface area contributed by atoms with E-state index in [0.29, 0.717) is 0 Å². The lowest BCUT2D eigenvalue weighted by atomic mass is 9.82. The van der Waals surface area contributed by atoms with Crippen molar-refractivity contribution in [2.45, 2.75) is 19.3 Å². The van der Waals surface area contributed by atoms with Gasteiger partial charge >= 0.3 is 0 Å². The molecule has 49 heavy (non-hydrogen) atoms. The summed E-state index contributed by atoms with van der Waals surface area (Å²) in [5.41, 5.74) is 14.7. The topological polar surface area (TPSA) is 8.17 Å². The van der Waals surface area contributed by atoms with Crippen molar-refractivity contribution >= 4 is 51.0 Å². The van der Waals surface area contributed by atoms with Crippen molar-refractivity contribution in [3.8, 4) is 16.8 Å². The van der Waals surface area contributed by atoms with Gasteiger partial charge in [-0.15, -0.1) is 0 Å². The number of hydrogen-bond donors (Lipinski definition) is 0. The van der Waals surface area contributed by atoms with Gasteiger partial charge in [0.05, 0.1) is 11.0 Å². The molecular weight excluding hydrogens is 593 g/mol. The summed E-state index contributed by atoms with van der Waals surface area (Å²) in [4.78, 5) is 2.35. The number of rotatable bonds is 6. The second-order valence-corrected chi connectivity index (χ2v) is 13.5. The first-order chi connectivity index (χ1) is 24.1. The number of fused-ring (bicyclic) bond motifs is 6. The quantitative estimate of drug-likeness (QED) is 0.166. The molecule has 0 unspecified atom stereocenters. The van der Waals surface area contributed by atoms with Crippen LogP contribution in [0, 0.1) is 0 Å². The Morgan fingerprint density at radius 1 is 0.449 bits per heavy atom. The maximum atomic E-state index is 2.44. The van der Waals surface area contributed by atoms with Crippen LogP contribution in [-0.4, -0.2) is 4.57 Å². The van der Waals surface area contributed by atoms with Crippen molar-refractivity contribution in [2.75, 3.05) is 4.90 Å². The number of anilines is 3. The fourth-order valence-electron chi connectivity index (χ4n) is 7.72. The van der Waals surface area contributed by atoms with E-state index in [1.165, 1.54) is 60.9 Å². The van der Waals surface area contributed by atoms with Gasteiger partial charge in [0.2, 0.25) is 0 Å². The van der Waals surface area contributed by atoms with Crippen LogP contribution in [0.1, 0.15) is 36.1 Å². The molecule has 0 spiro atoms. The van der Waals surface area contributed by atoms with Crippen LogP contribution in [0.25, 0.3) is 50.8 Å². The van der Waals surface area contributed by atoms with E-state index >= 15 is 0 Å². The summed E-state index contributed by atoms with van der Waals surface area (Å²) in [7, 11) is 0. The molecule has 0 saturated heterocycles. The molecule has 0 fully saturated rings. The van der Waals surface area contributed by atoms with E-state index in [4.69, 9.17) is 0 Å². The zero-order chi connectivity index (χ0) is 33.0. The molecule has 1 aliphatic carbocycles. The second-order valence-electron chi connectivity index (χ2n) is 13.5. The monoisotopic (exact) mass is 628 g/mol. The molecule has 0 saturated carbocycles. The third kappa shape index (κ3) is 4.88. The van der Waals surface area contributed by atoms with Gasteiger partial charge in [-0.05, 0) is 94.0 Å². The minimum atomic E-state index is -0.0586. The molecule has 0 radical (unpaired) electrons. The van der Waals surface area contributed by atoms with Crippen LogP contribution in [0.4, 0.5) is 17.1 Å². The fraction of sp³-hybridized carbons (Fsp3) is 0.0638. The molecule has 2 heteroatoms. The van der Waals surface area contributed by atoms with E-state index in [2.05, 4.69) is 199 Å². The van der Waals surface area contributed by atoms with E-state index < -0.39 is 0 Å². The molecule has 1 aromatic heterocycles. The summed E-state index contributed by atoms with van der Waals surface area (Å²) in [6.07, 6.45) is 4.33. The lowest BCUT2D eigenvalue weighted by Crippen LogP contribution is -2.15. The molecule has 0 atom stereocenters. The highest BCUT2D eigenvalue weighted by molar-refractivity contribution is 6.10. The lowest BCUT2D eigenvalue weighted by Gasteiger charge is -2.26. The summed E-state index contributed by atoms with van der Waals surface area (Å²) < 4.78 is 2.44. The highest BCUT2D eigenvalue weighted by Crippen LogP contribution is 2.49. The largest absolute Gasteiger partial charge is 0.310 e. The van der Waals surface area contributed by atoms with Crippen molar-refractivity contribution in [1.82, 2.24) is 4.57 Å². The first kappa shape index (κ1) is 29.1. The zero-order valence-electron chi connectivity index (χ0n) is 27.7. The standard InChI is InChI=1S/C47H36N2/c1-47(2)43-19-11-9-17-39(43)40-29-27-38(32-44(40)47)49-45-20-12-10-18-41(45)42-31-37(28-30-46(42)49)48(35-15-7-4-8-16-35)36-25-23-34(24-26-36)22-21-33-13-5-3-6-14-33/h3-32H,1-2H3. The Hall–Kier alpha value is -6.12. The second kappa shape index (κ2) is 11.5. The minimum absolute atomic E-state index is 0.0586. The molecule has 1 heterocycles. The van der Waals surface area contributed by atoms with Gasteiger partial charge in [-0.1, -0.05) is 135 Å². The third-order valence-electron chi connectivity index (χ3n) is 10.2. The van der Waals surface area contributed by atoms with E-state index in [-0.39, 0.29) is 5.41 Å². The number of benzene rings is 7. The normalized spacial score (nSPS) is 13.2. The molecule has 8 aromatic rings. The molecular formula is C47H36N2. The Morgan fingerprint density at radius 3 is 1.84 bits per heavy atom. The summed E-state index contributed by atoms with van der Waals surface area (Å²) in [6.45, 7) is 4.70. The van der Waals surface area contributed by atoms with Gasteiger partial charge in [-0.25, -0.2) is 0 Å². The third-order valence-corrected chi connectivity index (χ3v) is 10.2. The molecule has 0 amide bonds. The maximum Gasteiger partial charge on any atom is 0.0542 e. The van der Waals surface area contributed by atoms with Crippen LogP contribution in [0.5, 0.6) is 0 Å². The highest BCUT2D eigenvalue weighted by Gasteiger charge is 2.35. The predicted octanol–water partition coefficient (Wildman–Crippen LogP) is 12.7. The number of nitrogens with zero attached hydrogens (tertiary/aromatic N) is 2. The Morgan fingerprint density at radius 2 is 1.04 bits per heavy atom. The van der Waals surface area contributed by atoms with Crippen LogP contribution < -0.4 is 4.90 Å². The SMILES string of the molecule is CC1(C)c2ccccc2-c2ccc(-n3c4ccccc4c4cc(N(c5ccccc5)c5ccc(C=Cc6ccccc6)cc5)ccc43)cc21. The van der Waals surface area contributed by atoms with Gasteiger partial charge in [-0.2, -0.15) is 0 Å². The fourth-order valence-corrected chi connectivity index (χ4v) is 7.72. The van der Waals surface area contributed by atoms with E-state index in [1.54, 1.807) is 0 Å². The van der Waals surface area contributed by atoms with Crippen LogP contribution in [0.3, 0.4) is 0 Å². The first-order valence-electron chi connectivity index (χ1n) is 17.0. The van der Waals surface area contributed by atoms with Crippen molar-refractivity contribution in [1.29, 1.82) is 0 Å².